The highest BCUT2D eigenvalue weighted by molar-refractivity contribution is 5.92. The maximum atomic E-state index is 6.24. The first-order chi connectivity index (χ1) is 13.2. The fourth-order valence-electron chi connectivity index (χ4n) is 3.21. The molecule has 2 aromatic carbocycles. The van der Waals surface area contributed by atoms with Gasteiger partial charge in [-0.1, -0.05) is 18.2 Å². The van der Waals surface area contributed by atoms with Crippen molar-refractivity contribution in [1.29, 1.82) is 0 Å². The van der Waals surface area contributed by atoms with Crippen molar-refractivity contribution in [2.24, 2.45) is 10.7 Å². The van der Waals surface area contributed by atoms with Crippen LogP contribution in [0.25, 0.3) is 0 Å². The van der Waals surface area contributed by atoms with Crippen molar-refractivity contribution in [3.05, 3.63) is 48.0 Å². The molecule has 0 spiro atoms. The Morgan fingerprint density at radius 2 is 1.89 bits per heavy atom. The van der Waals surface area contributed by atoms with Crippen LogP contribution in [0.3, 0.4) is 0 Å². The fourth-order valence-corrected chi connectivity index (χ4v) is 3.21. The van der Waals surface area contributed by atoms with Gasteiger partial charge < -0.3 is 25.3 Å². The standard InChI is InChI=1S/C21H27N3O3/c1-25-18-11-6-8-16(13-18)24-21(22)23-14-15-7-5-12-19(26-2)20(15)27-17-9-3-4-10-17/h5-8,11-13,17H,3-4,9-10,14H2,1-2H3,(H3,22,23,24). The maximum absolute atomic E-state index is 6.24. The van der Waals surface area contributed by atoms with Gasteiger partial charge in [0.15, 0.2) is 17.5 Å². The van der Waals surface area contributed by atoms with E-state index in [4.69, 9.17) is 19.9 Å². The van der Waals surface area contributed by atoms with E-state index in [0.717, 1.165) is 41.3 Å². The smallest absolute Gasteiger partial charge is 0.193 e. The van der Waals surface area contributed by atoms with Gasteiger partial charge in [0.05, 0.1) is 26.9 Å². The fraction of sp³-hybridized carbons (Fsp3) is 0.381. The summed E-state index contributed by atoms with van der Waals surface area (Å²) >= 11 is 0. The topological polar surface area (TPSA) is 78.1 Å². The Balaban J connectivity index is 1.72. The molecule has 3 rings (SSSR count). The summed E-state index contributed by atoms with van der Waals surface area (Å²) in [5.41, 5.74) is 7.83. The van der Waals surface area contributed by atoms with E-state index in [2.05, 4.69) is 10.3 Å². The molecular weight excluding hydrogens is 342 g/mol. The summed E-state index contributed by atoms with van der Waals surface area (Å²) in [6, 6.07) is 13.4. The molecule has 0 saturated heterocycles. The minimum absolute atomic E-state index is 0.247. The van der Waals surface area contributed by atoms with Crippen LogP contribution in [0.15, 0.2) is 47.5 Å². The van der Waals surface area contributed by atoms with Gasteiger partial charge in [0.25, 0.3) is 0 Å². The highest BCUT2D eigenvalue weighted by Crippen LogP contribution is 2.35. The van der Waals surface area contributed by atoms with Gasteiger partial charge in [-0.2, -0.15) is 0 Å². The minimum Gasteiger partial charge on any atom is -0.497 e. The van der Waals surface area contributed by atoms with Crippen molar-refractivity contribution in [1.82, 2.24) is 0 Å². The van der Waals surface area contributed by atoms with E-state index in [1.807, 2.05) is 42.5 Å². The predicted molar refractivity (Wildman–Crippen MR) is 108 cm³/mol. The molecule has 1 aliphatic rings. The second kappa shape index (κ2) is 9.16. The number of anilines is 1. The first-order valence-corrected chi connectivity index (χ1v) is 9.23. The van der Waals surface area contributed by atoms with Gasteiger partial charge in [-0.15, -0.1) is 0 Å². The van der Waals surface area contributed by atoms with E-state index in [9.17, 15) is 0 Å². The summed E-state index contributed by atoms with van der Waals surface area (Å²) in [5.74, 6) is 2.59. The van der Waals surface area contributed by atoms with E-state index in [0.29, 0.717) is 12.5 Å². The zero-order valence-electron chi connectivity index (χ0n) is 15.9. The Morgan fingerprint density at radius 3 is 2.63 bits per heavy atom. The van der Waals surface area contributed by atoms with E-state index in [1.54, 1.807) is 14.2 Å². The number of hydrogen-bond donors (Lipinski definition) is 2. The van der Waals surface area contributed by atoms with Crippen molar-refractivity contribution in [3.8, 4) is 17.2 Å². The molecule has 0 bridgehead atoms. The molecular formula is C21H27N3O3. The molecule has 1 saturated carbocycles. The Labute approximate surface area is 160 Å². The molecule has 144 valence electrons. The van der Waals surface area contributed by atoms with Gasteiger partial charge in [0, 0.05) is 17.3 Å². The average molecular weight is 369 g/mol. The number of aliphatic imine (C=N–C) groups is 1. The molecule has 0 heterocycles. The molecule has 2 aromatic rings. The first kappa shape index (κ1) is 18.9. The van der Waals surface area contributed by atoms with Gasteiger partial charge in [-0.3, -0.25) is 0 Å². The Morgan fingerprint density at radius 1 is 1.11 bits per heavy atom. The molecule has 0 amide bonds. The van der Waals surface area contributed by atoms with Crippen LogP contribution in [0, 0.1) is 0 Å². The summed E-state index contributed by atoms with van der Waals surface area (Å²) in [6.45, 7) is 0.405. The number of ether oxygens (including phenoxy) is 3. The summed E-state index contributed by atoms with van der Waals surface area (Å²) in [4.78, 5) is 4.46. The van der Waals surface area contributed by atoms with Gasteiger partial charge in [0.1, 0.15) is 5.75 Å². The van der Waals surface area contributed by atoms with E-state index < -0.39 is 0 Å². The maximum Gasteiger partial charge on any atom is 0.193 e. The molecule has 0 unspecified atom stereocenters. The molecule has 0 aliphatic heterocycles. The van der Waals surface area contributed by atoms with E-state index >= 15 is 0 Å². The van der Waals surface area contributed by atoms with Crippen LogP contribution < -0.4 is 25.3 Å². The normalized spacial score (nSPS) is 14.8. The lowest BCUT2D eigenvalue weighted by Crippen LogP contribution is -2.22. The lowest BCUT2D eigenvalue weighted by Gasteiger charge is -2.18. The van der Waals surface area contributed by atoms with Crippen molar-refractivity contribution >= 4 is 11.6 Å². The number of benzene rings is 2. The van der Waals surface area contributed by atoms with Gasteiger partial charge in [0.2, 0.25) is 0 Å². The third kappa shape index (κ3) is 5.06. The van der Waals surface area contributed by atoms with Gasteiger partial charge in [-0.25, -0.2) is 4.99 Å². The molecule has 0 radical (unpaired) electrons. The molecule has 6 nitrogen and oxygen atoms in total. The number of para-hydroxylation sites is 1. The number of guanidine groups is 1. The monoisotopic (exact) mass is 369 g/mol. The van der Waals surface area contributed by atoms with Crippen molar-refractivity contribution in [2.75, 3.05) is 19.5 Å². The van der Waals surface area contributed by atoms with E-state index in [-0.39, 0.29) is 6.10 Å². The summed E-state index contributed by atoms with van der Waals surface area (Å²) in [6.07, 6.45) is 4.84. The zero-order valence-corrected chi connectivity index (χ0v) is 15.9. The number of nitrogens with one attached hydrogen (secondary N) is 1. The number of hydrogen-bond acceptors (Lipinski definition) is 4. The SMILES string of the molecule is COc1cccc(NC(N)=NCc2cccc(OC)c2OC2CCCC2)c1. The summed E-state index contributed by atoms with van der Waals surface area (Å²) in [7, 11) is 3.29. The average Bonchev–Trinajstić information content (AvgIpc) is 3.20. The highest BCUT2D eigenvalue weighted by Gasteiger charge is 2.20. The van der Waals surface area contributed by atoms with Crippen molar-refractivity contribution in [2.45, 2.75) is 38.3 Å². The lowest BCUT2D eigenvalue weighted by atomic mass is 10.1. The Kier molecular flexibility index (Phi) is 6.41. The predicted octanol–water partition coefficient (Wildman–Crippen LogP) is 3.95. The molecule has 0 aromatic heterocycles. The number of rotatable bonds is 7. The highest BCUT2D eigenvalue weighted by atomic mass is 16.5. The van der Waals surface area contributed by atoms with Gasteiger partial charge >= 0.3 is 0 Å². The Hall–Kier alpha value is -2.89. The van der Waals surface area contributed by atoms with Crippen LogP contribution in [0.2, 0.25) is 0 Å². The molecule has 1 fully saturated rings. The minimum atomic E-state index is 0.247. The molecule has 27 heavy (non-hydrogen) atoms. The van der Waals surface area contributed by atoms with Crippen molar-refractivity contribution in [3.63, 3.8) is 0 Å². The van der Waals surface area contributed by atoms with E-state index in [1.165, 1.54) is 12.8 Å². The first-order valence-electron chi connectivity index (χ1n) is 9.23. The quantitative estimate of drug-likeness (QED) is 0.571. The zero-order chi connectivity index (χ0) is 19.1. The Bertz CT molecular complexity index is 786. The van der Waals surface area contributed by atoms with Crippen LogP contribution in [-0.4, -0.2) is 26.3 Å². The largest absolute Gasteiger partial charge is 0.497 e. The third-order valence-corrected chi connectivity index (χ3v) is 4.63. The molecule has 0 atom stereocenters. The van der Waals surface area contributed by atoms with Crippen LogP contribution in [0.5, 0.6) is 17.2 Å². The molecule has 1 aliphatic carbocycles. The van der Waals surface area contributed by atoms with Gasteiger partial charge in [-0.05, 0) is 43.9 Å². The van der Waals surface area contributed by atoms with Crippen LogP contribution in [0.1, 0.15) is 31.2 Å². The van der Waals surface area contributed by atoms with Crippen LogP contribution in [-0.2, 0) is 6.54 Å². The summed E-state index contributed by atoms with van der Waals surface area (Å²) < 4.78 is 16.9. The second-order valence-corrected chi connectivity index (χ2v) is 6.53. The second-order valence-electron chi connectivity index (χ2n) is 6.53. The summed E-state index contributed by atoms with van der Waals surface area (Å²) in [5, 5.41) is 3.08. The molecule has 6 heteroatoms. The van der Waals surface area contributed by atoms with Crippen LogP contribution in [0.4, 0.5) is 5.69 Å². The third-order valence-electron chi connectivity index (χ3n) is 4.63. The number of methoxy groups -OCH3 is 2. The number of nitrogens with two attached hydrogens (primary N) is 1. The van der Waals surface area contributed by atoms with Crippen LogP contribution >= 0.6 is 0 Å². The molecule has 3 N–H and O–H groups in total. The number of nitrogens with zero attached hydrogens (tertiary/aromatic N) is 1. The van der Waals surface area contributed by atoms with Crippen molar-refractivity contribution < 1.29 is 14.2 Å². The lowest BCUT2D eigenvalue weighted by molar-refractivity contribution is 0.198.